The summed E-state index contributed by atoms with van der Waals surface area (Å²) in [6.07, 6.45) is 2.51. The van der Waals surface area contributed by atoms with Crippen molar-refractivity contribution in [2.75, 3.05) is 11.5 Å². The Balaban J connectivity index is 3.06. The summed E-state index contributed by atoms with van der Waals surface area (Å²) in [7, 11) is 0.313. The van der Waals surface area contributed by atoms with Crippen LogP contribution in [0.15, 0.2) is 0 Å². The zero-order valence-corrected chi connectivity index (χ0v) is 7.28. The highest BCUT2D eigenvalue weighted by atomic mass is 32.8. The molecule has 0 N–H and O–H groups in total. The molecule has 0 nitrogen and oxygen atoms in total. The van der Waals surface area contributed by atoms with E-state index in [9.17, 15) is 0 Å². The molecule has 0 spiro atoms. The van der Waals surface area contributed by atoms with Crippen LogP contribution < -0.4 is 0 Å². The maximum atomic E-state index is 5.16. The molecule has 0 aliphatic rings. The summed E-state index contributed by atoms with van der Waals surface area (Å²) in [4.78, 5) is 0. The minimum atomic E-state index is 0.313. The Hall–Kier alpha value is 0.570. The molecule has 0 aromatic rings. The Morgan fingerprint density at radius 1 is 1.12 bits per heavy atom. The van der Waals surface area contributed by atoms with Gasteiger partial charge in [-0.3, -0.25) is 0 Å². The second kappa shape index (κ2) is 5.70. The molecule has 0 saturated carbocycles. The van der Waals surface area contributed by atoms with Crippen molar-refractivity contribution in [3.05, 3.63) is 0 Å². The number of hydrogen-bond acceptors (Lipinski definition) is 1. The van der Waals surface area contributed by atoms with Gasteiger partial charge in [-0.25, -0.2) is 0 Å². The lowest BCUT2D eigenvalue weighted by Gasteiger charge is -1.97. The summed E-state index contributed by atoms with van der Waals surface area (Å²) in [5, 5.41) is 0. The van der Waals surface area contributed by atoms with Gasteiger partial charge in [0.15, 0.2) is 0 Å². The molecule has 0 amide bonds. The van der Waals surface area contributed by atoms with Gasteiger partial charge in [-0.1, -0.05) is 25.0 Å². The highest BCUT2D eigenvalue weighted by molar-refractivity contribution is 8.28. The van der Waals surface area contributed by atoms with Crippen molar-refractivity contribution in [1.82, 2.24) is 0 Å². The SMILES string of the molecule is CCCS(=S)CCC. The first-order chi connectivity index (χ1) is 3.81. The molecule has 8 heavy (non-hydrogen) atoms. The topological polar surface area (TPSA) is 0 Å². The van der Waals surface area contributed by atoms with E-state index in [0.717, 1.165) is 0 Å². The Morgan fingerprint density at radius 3 is 1.75 bits per heavy atom. The number of rotatable bonds is 4. The normalized spacial score (nSPS) is 10.4. The van der Waals surface area contributed by atoms with E-state index in [2.05, 4.69) is 13.8 Å². The standard InChI is InChI=1S/C6H14S2/c1-3-5-8(7)6-4-2/h3-6H2,1-2H3. The van der Waals surface area contributed by atoms with Crippen LogP contribution in [0, 0.1) is 0 Å². The first-order valence-electron chi connectivity index (χ1n) is 3.16. The van der Waals surface area contributed by atoms with Gasteiger partial charge in [0, 0.05) is 0 Å². The molecule has 0 radical (unpaired) electrons. The Morgan fingerprint density at radius 2 is 1.50 bits per heavy atom. The molecule has 0 heterocycles. The fourth-order valence-electron chi connectivity index (χ4n) is 0.557. The van der Waals surface area contributed by atoms with Gasteiger partial charge in [-0.15, -0.1) is 9.45 Å². The molecule has 0 bridgehead atoms. The second-order valence-electron chi connectivity index (χ2n) is 1.85. The van der Waals surface area contributed by atoms with E-state index in [1.165, 1.54) is 24.3 Å². The van der Waals surface area contributed by atoms with E-state index in [1.807, 2.05) is 0 Å². The van der Waals surface area contributed by atoms with Crippen molar-refractivity contribution in [3.8, 4) is 0 Å². The molecule has 0 rings (SSSR count). The van der Waals surface area contributed by atoms with Gasteiger partial charge in [0.2, 0.25) is 0 Å². The van der Waals surface area contributed by atoms with Crippen LogP contribution in [0.3, 0.4) is 0 Å². The highest BCUT2D eigenvalue weighted by Gasteiger charge is 1.87. The van der Waals surface area contributed by atoms with Crippen LogP contribution in [-0.2, 0) is 20.6 Å². The summed E-state index contributed by atoms with van der Waals surface area (Å²) in [5.41, 5.74) is 0. The fourth-order valence-corrected chi connectivity index (χ4v) is 2.67. The molecule has 0 fully saturated rings. The van der Waals surface area contributed by atoms with Gasteiger partial charge >= 0.3 is 0 Å². The van der Waals surface area contributed by atoms with Crippen LogP contribution in [0.1, 0.15) is 26.7 Å². The van der Waals surface area contributed by atoms with Gasteiger partial charge in [-0.2, -0.15) is 0 Å². The predicted octanol–water partition coefficient (Wildman–Crippen LogP) is 1.89. The van der Waals surface area contributed by atoms with Gasteiger partial charge in [0.1, 0.15) is 0 Å². The molecule has 50 valence electrons. The maximum Gasteiger partial charge on any atom is -0.00235 e. The summed E-state index contributed by atoms with van der Waals surface area (Å²) >= 11 is 5.16. The first-order valence-corrected chi connectivity index (χ1v) is 5.65. The molecule has 0 aromatic carbocycles. The van der Waals surface area contributed by atoms with E-state index in [1.54, 1.807) is 0 Å². The third-order valence-electron chi connectivity index (χ3n) is 0.864. The van der Waals surface area contributed by atoms with Crippen molar-refractivity contribution < 1.29 is 0 Å². The van der Waals surface area contributed by atoms with Crippen LogP contribution in [-0.4, -0.2) is 11.5 Å². The van der Waals surface area contributed by atoms with Crippen LogP contribution in [0.5, 0.6) is 0 Å². The smallest absolute Gasteiger partial charge is 0.00235 e. The van der Waals surface area contributed by atoms with Crippen molar-refractivity contribution in [1.29, 1.82) is 0 Å². The van der Waals surface area contributed by atoms with E-state index in [-0.39, 0.29) is 0 Å². The third kappa shape index (κ3) is 4.72. The molecule has 0 unspecified atom stereocenters. The van der Waals surface area contributed by atoms with Crippen molar-refractivity contribution in [2.24, 2.45) is 0 Å². The Bertz CT molecular complexity index is 60.9. The van der Waals surface area contributed by atoms with E-state index in [4.69, 9.17) is 11.2 Å². The second-order valence-corrected chi connectivity index (χ2v) is 4.96. The van der Waals surface area contributed by atoms with Gasteiger partial charge in [0.05, 0.1) is 0 Å². The van der Waals surface area contributed by atoms with Crippen LogP contribution in [0.2, 0.25) is 0 Å². The lowest BCUT2D eigenvalue weighted by molar-refractivity contribution is 1.07. The lowest BCUT2D eigenvalue weighted by atomic mass is 10.6. The summed E-state index contributed by atoms with van der Waals surface area (Å²) in [6.45, 7) is 4.39. The molecule has 0 saturated heterocycles. The lowest BCUT2D eigenvalue weighted by Crippen LogP contribution is -1.97. The minimum Gasteiger partial charge on any atom is -0.122 e. The van der Waals surface area contributed by atoms with Crippen molar-refractivity contribution in [2.45, 2.75) is 26.7 Å². The quantitative estimate of drug-likeness (QED) is 0.590. The van der Waals surface area contributed by atoms with E-state index in [0.29, 0.717) is 9.45 Å². The zero-order chi connectivity index (χ0) is 6.41. The van der Waals surface area contributed by atoms with E-state index >= 15 is 0 Å². The molecule has 0 aliphatic heterocycles. The predicted molar refractivity (Wildman–Crippen MR) is 45.0 cm³/mol. The Kier molecular flexibility index (Phi) is 6.11. The van der Waals surface area contributed by atoms with Crippen molar-refractivity contribution >= 4 is 20.6 Å². The molecule has 0 aliphatic carbocycles. The molecule has 0 aromatic heterocycles. The van der Waals surface area contributed by atoms with Crippen molar-refractivity contribution in [3.63, 3.8) is 0 Å². The van der Waals surface area contributed by atoms with Gasteiger partial charge in [0.25, 0.3) is 0 Å². The molecular weight excluding hydrogens is 136 g/mol. The number of hydrogen-bond donors (Lipinski definition) is 0. The largest absolute Gasteiger partial charge is 0.122 e. The van der Waals surface area contributed by atoms with Crippen LogP contribution in [0.4, 0.5) is 0 Å². The molecule has 2 heteroatoms. The summed E-state index contributed by atoms with van der Waals surface area (Å²) in [5.74, 6) is 2.51. The third-order valence-corrected chi connectivity index (χ3v) is 3.59. The average Bonchev–Trinajstić information content (AvgIpc) is 1.68. The van der Waals surface area contributed by atoms with Gasteiger partial charge in [-0.05, 0) is 24.3 Å². The summed E-state index contributed by atoms with van der Waals surface area (Å²) in [6, 6.07) is 0. The average molecular weight is 150 g/mol. The van der Waals surface area contributed by atoms with E-state index < -0.39 is 0 Å². The fraction of sp³-hybridized carbons (Fsp3) is 1.00. The summed E-state index contributed by atoms with van der Waals surface area (Å²) < 4.78 is 0. The monoisotopic (exact) mass is 150 g/mol. The molecule has 0 atom stereocenters. The maximum absolute atomic E-state index is 5.16. The zero-order valence-electron chi connectivity index (χ0n) is 5.64. The first kappa shape index (κ1) is 8.57. The van der Waals surface area contributed by atoms with Gasteiger partial charge < -0.3 is 0 Å². The Labute approximate surface area is 59.3 Å². The molecular formula is C6H14S2. The van der Waals surface area contributed by atoms with Crippen LogP contribution >= 0.6 is 0 Å². The minimum absolute atomic E-state index is 0.313. The highest BCUT2D eigenvalue weighted by Crippen LogP contribution is 1.89. The van der Waals surface area contributed by atoms with Crippen LogP contribution in [0.25, 0.3) is 0 Å².